The second-order valence-electron chi connectivity index (χ2n) is 4.83. The number of benzene rings is 1. The van der Waals surface area contributed by atoms with Crippen molar-refractivity contribution in [2.45, 2.75) is 19.9 Å². The maximum Gasteiger partial charge on any atom is 0.272 e. The average Bonchev–Trinajstić information content (AvgIpc) is 2.62. The number of aryl methyl sites for hydroxylation is 2. The number of hydrogen-bond acceptors (Lipinski definition) is 3. The lowest BCUT2D eigenvalue weighted by Gasteiger charge is -2.16. The van der Waals surface area contributed by atoms with Crippen LogP contribution in [0.3, 0.4) is 0 Å². The highest BCUT2D eigenvalue weighted by atomic mass is 35.5. The molecule has 2 rings (SSSR count). The molecule has 0 saturated carbocycles. The van der Waals surface area contributed by atoms with Gasteiger partial charge in [0.2, 0.25) is 0 Å². The highest BCUT2D eigenvalue weighted by molar-refractivity contribution is 6.35. The van der Waals surface area contributed by atoms with Crippen LogP contribution in [0, 0.1) is 6.92 Å². The molecule has 1 heterocycles. The van der Waals surface area contributed by atoms with Crippen molar-refractivity contribution in [3.63, 3.8) is 0 Å². The number of rotatable bonds is 3. The Bertz CT molecular complexity index is 697. The van der Waals surface area contributed by atoms with E-state index in [0.29, 0.717) is 27.1 Å². The van der Waals surface area contributed by atoms with E-state index in [2.05, 4.69) is 10.4 Å². The number of halogens is 2. The van der Waals surface area contributed by atoms with E-state index in [-0.39, 0.29) is 11.9 Å². The molecule has 1 amide bonds. The molecule has 112 valence electrons. The number of nitrogens with two attached hydrogens (primary N) is 1. The number of carbonyl (C=O) groups is 1. The molecule has 0 saturated heterocycles. The van der Waals surface area contributed by atoms with Crippen molar-refractivity contribution in [3.05, 3.63) is 45.2 Å². The largest absolute Gasteiger partial charge is 0.395 e. The second kappa shape index (κ2) is 5.95. The van der Waals surface area contributed by atoms with Gasteiger partial charge in [-0.05, 0) is 31.5 Å². The summed E-state index contributed by atoms with van der Waals surface area (Å²) < 4.78 is 1.47. The van der Waals surface area contributed by atoms with Crippen LogP contribution in [-0.2, 0) is 7.05 Å². The number of hydrogen-bond donors (Lipinski definition) is 2. The molecule has 1 atom stereocenters. The smallest absolute Gasteiger partial charge is 0.272 e. The Labute approximate surface area is 133 Å². The summed E-state index contributed by atoms with van der Waals surface area (Å²) in [6.45, 7) is 3.60. The summed E-state index contributed by atoms with van der Waals surface area (Å²) in [5.41, 5.74) is 8.01. The predicted molar refractivity (Wildman–Crippen MR) is 84.7 cm³/mol. The molecule has 0 fully saturated rings. The highest BCUT2D eigenvalue weighted by Crippen LogP contribution is 2.26. The molecule has 0 aliphatic carbocycles. The van der Waals surface area contributed by atoms with Crippen molar-refractivity contribution in [2.24, 2.45) is 7.05 Å². The SMILES string of the molecule is Cc1nn(C)c(C(=O)NC(C)c2ccc(Cl)cc2Cl)c1N. The maximum atomic E-state index is 12.3. The van der Waals surface area contributed by atoms with Crippen LogP contribution in [0.4, 0.5) is 5.69 Å². The normalized spacial score (nSPS) is 12.2. The van der Waals surface area contributed by atoms with Gasteiger partial charge in [-0.2, -0.15) is 5.10 Å². The van der Waals surface area contributed by atoms with Crippen molar-refractivity contribution in [2.75, 3.05) is 5.73 Å². The first-order valence-corrected chi connectivity index (χ1v) is 7.11. The van der Waals surface area contributed by atoms with E-state index >= 15 is 0 Å². The van der Waals surface area contributed by atoms with Crippen LogP contribution in [0.25, 0.3) is 0 Å². The fourth-order valence-electron chi connectivity index (χ4n) is 2.14. The monoisotopic (exact) mass is 326 g/mol. The summed E-state index contributed by atoms with van der Waals surface area (Å²) in [5, 5.41) is 8.04. The van der Waals surface area contributed by atoms with Gasteiger partial charge in [0.05, 0.1) is 17.4 Å². The van der Waals surface area contributed by atoms with Crippen molar-refractivity contribution >= 4 is 34.8 Å². The minimum atomic E-state index is -0.297. The Hall–Kier alpha value is -1.72. The van der Waals surface area contributed by atoms with Gasteiger partial charge >= 0.3 is 0 Å². The van der Waals surface area contributed by atoms with Crippen LogP contribution in [0.15, 0.2) is 18.2 Å². The van der Waals surface area contributed by atoms with Crippen LogP contribution >= 0.6 is 23.2 Å². The van der Waals surface area contributed by atoms with Crippen LogP contribution < -0.4 is 11.1 Å². The van der Waals surface area contributed by atoms with Crippen LogP contribution in [-0.4, -0.2) is 15.7 Å². The Kier molecular flexibility index (Phi) is 4.44. The fraction of sp³-hybridized carbons (Fsp3) is 0.286. The number of nitrogens with one attached hydrogen (secondary N) is 1. The first-order valence-electron chi connectivity index (χ1n) is 6.36. The van der Waals surface area contributed by atoms with Gasteiger partial charge < -0.3 is 11.1 Å². The first kappa shape index (κ1) is 15.7. The molecule has 1 aromatic heterocycles. The summed E-state index contributed by atoms with van der Waals surface area (Å²) in [7, 11) is 1.68. The van der Waals surface area contributed by atoms with Gasteiger partial charge in [-0.1, -0.05) is 29.3 Å². The summed E-state index contributed by atoms with van der Waals surface area (Å²) in [4.78, 5) is 12.3. The van der Waals surface area contributed by atoms with E-state index in [4.69, 9.17) is 28.9 Å². The lowest BCUT2D eigenvalue weighted by molar-refractivity contribution is 0.0931. The van der Waals surface area contributed by atoms with Gasteiger partial charge in [-0.25, -0.2) is 0 Å². The van der Waals surface area contributed by atoms with Crippen molar-refractivity contribution in [1.29, 1.82) is 0 Å². The molecular weight excluding hydrogens is 311 g/mol. The lowest BCUT2D eigenvalue weighted by atomic mass is 10.1. The lowest BCUT2D eigenvalue weighted by Crippen LogP contribution is -2.29. The molecule has 0 bridgehead atoms. The predicted octanol–water partition coefficient (Wildman–Crippen LogP) is 3.11. The maximum absolute atomic E-state index is 12.3. The zero-order chi connectivity index (χ0) is 15.7. The van der Waals surface area contributed by atoms with Crippen molar-refractivity contribution in [3.8, 4) is 0 Å². The van der Waals surface area contributed by atoms with E-state index in [1.165, 1.54) is 4.68 Å². The third kappa shape index (κ3) is 3.14. The Balaban J connectivity index is 2.23. The second-order valence-corrected chi connectivity index (χ2v) is 5.68. The van der Waals surface area contributed by atoms with Gasteiger partial charge in [0, 0.05) is 17.1 Å². The molecule has 3 N–H and O–H groups in total. The van der Waals surface area contributed by atoms with Crippen LogP contribution in [0.1, 0.15) is 34.7 Å². The number of anilines is 1. The number of carbonyl (C=O) groups excluding carboxylic acids is 1. The molecule has 0 radical (unpaired) electrons. The topological polar surface area (TPSA) is 72.9 Å². The molecule has 5 nitrogen and oxygen atoms in total. The molecule has 1 unspecified atom stereocenters. The van der Waals surface area contributed by atoms with Crippen LogP contribution in [0.2, 0.25) is 10.0 Å². The van der Waals surface area contributed by atoms with Gasteiger partial charge in [-0.3, -0.25) is 9.48 Å². The molecular formula is C14H16Cl2N4O. The summed E-state index contributed by atoms with van der Waals surface area (Å²) in [6, 6.07) is 4.88. The Morgan fingerprint density at radius 3 is 2.62 bits per heavy atom. The summed E-state index contributed by atoms with van der Waals surface area (Å²) in [5.74, 6) is -0.297. The van der Waals surface area contributed by atoms with E-state index in [0.717, 1.165) is 5.56 Å². The van der Waals surface area contributed by atoms with E-state index in [1.54, 1.807) is 32.2 Å². The summed E-state index contributed by atoms with van der Waals surface area (Å²) >= 11 is 12.0. The van der Waals surface area contributed by atoms with E-state index < -0.39 is 0 Å². The number of nitrogens with zero attached hydrogens (tertiary/aromatic N) is 2. The molecule has 0 aliphatic rings. The van der Waals surface area contributed by atoms with Crippen molar-refractivity contribution in [1.82, 2.24) is 15.1 Å². The first-order chi connectivity index (χ1) is 9.81. The van der Waals surface area contributed by atoms with Gasteiger partial charge in [0.15, 0.2) is 0 Å². The minimum Gasteiger partial charge on any atom is -0.395 e. The molecule has 0 spiro atoms. The third-order valence-corrected chi connectivity index (χ3v) is 3.82. The standard InChI is InChI=1S/C14H16Cl2N4O/c1-7(10-5-4-9(15)6-11(10)16)18-14(21)13-12(17)8(2)19-20(13)3/h4-7H,17H2,1-3H3,(H,18,21). The minimum absolute atomic E-state index is 0.281. The van der Waals surface area contributed by atoms with E-state index in [1.807, 2.05) is 6.92 Å². The Morgan fingerprint density at radius 2 is 2.10 bits per heavy atom. The molecule has 0 aliphatic heterocycles. The zero-order valence-electron chi connectivity index (χ0n) is 11.9. The molecule has 2 aromatic rings. The quantitative estimate of drug-likeness (QED) is 0.910. The zero-order valence-corrected chi connectivity index (χ0v) is 13.5. The number of nitrogen functional groups attached to an aromatic ring is 1. The molecule has 1 aromatic carbocycles. The van der Waals surface area contributed by atoms with Gasteiger partial charge in [0.25, 0.3) is 5.91 Å². The number of aromatic nitrogens is 2. The summed E-state index contributed by atoms with van der Waals surface area (Å²) in [6.07, 6.45) is 0. The third-order valence-electron chi connectivity index (χ3n) is 3.26. The fourth-order valence-corrected chi connectivity index (χ4v) is 2.71. The molecule has 7 heteroatoms. The van der Waals surface area contributed by atoms with E-state index in [9.17, 15) is 4.79 Å². The Morgan fingerprint density at radius 1 is 1.43 bits per heavy atom. The highest BCUT2D eigenvalue weighted by Gasteiger charge is 2.20. The van der Waals surface area contributed by atoms with Gasteiger partial charge in [-0.15, -0.1) is 0 Å². The average molecular weight is 327 g/mol. The van der Waals surface area contributed by atoms with Crippen LogP contribution in [0.5, 0.6) is 0 Å². The molecule has 21 heavy (non-hydrogen) atoms. The van der Waals surface area contributed by atoms with Crippen molar-refractivity contribution < 1.29 is 4.79 Å². The number of amides is 1. The van der Waals surface area contributed by atoms with Gasteiger partial charge in [0.1, 0.15) is 5.69 Å².